The molecule has 0 aromatic rings. The first kappa shape index (κ1) is 22.6. The second kappa shape index (κ2) is 15.8. The number of hydrogen-bond acceptors (Lipinski definition) is 1. The molecule has 124 valence electrons. The van der Waals surface area contributed by atoms with Gasteiger partial charge in [0, 0.05) is 0 Å². The Morgan fingerprint density at radius 3 is 1.50 bits per heavy atom. The van der Waals surface area contributed by atoms with Crippen LogP contribution in [0.25, 0.3) is 0 Å². The van der Waals surface area contributed by atoms with Gasteiger partial charge in [-0.1, -0.05) is 53.2 Å². The number of hydrogen-bond donors (Lipinski definition) is 0. The van der Waals surface area contributed by atoms with Gasteiger partial charge in [-0.05, 0) is 73.3 Å². The first-order valence-corrected chi connectivity index (χ1v) is 7.99. The fourth-order valence-electron chi connectivity index (χ4n) is 1.66. The fourth-order valence-corrected chi connectivity index (χ4v) is 1.66. The lowest BCUT2D eigenvalue weighted by Gasteiger charge is -1.95. The molecule has 22 heavy (non-hydrogen) atoms. The van der Waals surface area contributed by atoms with Crippen LogP contribution in [0.2, 0.25) is 0 Å². The van der Waals surface area contributed by atoms with Crippen molar-refractivity contribution >= 4 is 6.29 Å². The quantitative estimate of drug-likeness (QED) is 0.210. The fraction of sp³-hybridized carbons (Fsp3) is 0.476. The predicted molar refractivity (Wildman–Crippen MR) is 101 cm³/mol. The molecule has 0 rings (SSSR count). The van der Waals surface area contributed by atoms with Gasteiger partial charge in [-0.25, -0.2) is 0 Å². The molecule has 0 radical (unpaired) electrons. The van der Waals surface area contributed by atoms with Crippen LogP contribution in [-0.2, 0) is 4.79 Å². The Balaban J connectivity index is 0. The average Bonchev–Trinajstić information content (AvgIpc) is 2.39. The van der Waals surface area contributed by atoms with E-state index in [9.17, 15) is 4.79 Å². The van der Waals surface area contributed by atoms with Crippen LogP contribution >= 0.6 is 0 Å². The van der Waals surface area contributed by atoms with E-state index in [0.717, 1.165) is 37.5 Å². The normalized spacial score (nSPS) is 11.0. The van der Waals surface area contributed by atoms with Gasteiger partial charge in [-0.15, -0.1) is 0 Å². The number of rotatable bonds is 8. The molecule has 0 amide bonds. The predicted octanol–water partition coefficient (Wildman–Crippen LogP) is 6.74. The van der Waals surface area contributed by atoms with E-state index >= 15 is 0 Å². The van der Waals surface area contributed by atoms with Crippen molar-refractivity contribution in [3.63, 3.8) is 0 Å². The summed E-state index contributed by atoms with van der Waals surface area (Å²) in [5.74, 6) is 0. The van der Waals surface area contributed by atoms with Gasteiger partial charge in [0.2, 0.25) is 0 Å². The summed E-state index contributed by atoms with van der Waals surface area (Å²) >= 11 is 0. The summed E-state index contributed by atoms with van der Waals surface area (Å²) in [6, 6.07) is 0. The van der Waals surface area contributed by atoms with Crippen molar-refractivity contribution in [3.05, 3.63) is 59.3 Å². The molecule has 0 aliphatic carbocycles. The molecular weight excluding hydrogens is 268 g/mol. The molecule has 0 spiro atoms. The second-order valence-electron chi connectivity index (χ2n) is 6.04. The van der Waals surface area contributed by atoms with E-state index in [2.05, 4.69) is 59.4 Å². The van der Waals surface area contributed by atoms with Crippen molar-refractivity contribution in [1.29, 1.82) is 0 Å². The SMILES string of the molecule is C=C/C=C(/C)CCC=C(C)C.CC(C)=CCC/C(C)=C/C=O. The summed E-state index contributed by atoms with van der Waals surface area (Å²) in [5, 5.41) is 0. The van der Waals surface area contributed by atoms with E-state index in [4.69, 9.17) is 0 Å². The zero-order valence-corrected chi connectivity index (χ0v) is 15.4. The summed E-state index contributed by atoms with van der Waals surface area (Å²) in [5.41, 5.74) is 5.29. The van der Waals surface area contributed by atoms with Gasteiger partial charge < -0.3 is 0 Å². The highest BCUT2D eigenvalue weighted by atomic mass is 16.1. The molecule has 1 heteroatoms. The summed E-state index contributed by atoms with van der Waals surface area (Å²) in [6.45, 7) is 16.2. The first-order chi connectivity index (χ1) is 10.3. The average molecular weight is 303 g/mol. The largest absolute Gasteiger partial charge is 0.299 e. The first-order valence-electron chi connectivity index (χ1n) is 7.99. The molecule has 0 saturated carbocycles. The highest BCUT2D eigenvalue weighted by Gasteiger charge is 1.87. The van der Waals surface area contributed by atoms with E-state index in [-0.39, 0.29) is 0 Å². The van der Waals surface area contributed by atoms with Gasteiger partial charge in [0.15, 0.2) is 0 Å². The van der Waals surface area contributed by atoms with Crippen molar-refractivity contribution in [2.24, 2.45) is 0 Å². The Kier molecular flexibility index (Phi) is 16.2. The van der Waals surface area contributed by atoms with Crippen LogP contribution in [-0.4, -0.2) is 6.29 Å². The number of allylic oxidation sites excluding steroid dienone is 9. The molecule has 0 bridgehead atoms. The van der Waals surface area contributed by atoms with E-state index in [1.165, 1.54) is 16.7 Å². The lowest BCUT2D eigenvalue weighted by molar-refractivity contribution is -0.104. The van der Waals surface area contributed by atoms with Crippen LogP contribution in [0, 0.1) is 0 Å². The second-order valence-corrected chi connectivity index (χ2v) is 6.04. The standard InChI is InChI=1S/C11H18.C10H16O/c1-5-7-11(4)9-6-8-10(2)3;1-9(2)5-4-6-10(3)7-8-11/h5,7-8H,1,6,9H2,2-4H3;5,7-8H,4,6H2,1-3H3/b11-7-;10-7+. The maximum atomic E-state index is 10.0. The minimum Gasteiger partial charge on any atom is -0.299 e. The molecule has 0 aromatic carbocycles. The van der Waals surface area contributed by atoms with Crippen LogP contribution in [0.5, 0.6) is 0 Å². The third-order valence-electron chi connectivity index (χ3n) is 2.94. The molecule has 0 atom stereocenters. The highest BCUT2D eigenvalue weighted by Crippen LogP contribution is 2.06. The summed E-state index contributed by atoms with van der Waals surface area (Å²) in [7, 11) is 0. The van der Waals surface area contributed by atoms with Gasteiger partial charge in [-0.2, -0.15) is 0 Å². The van der Waals surface area contributed by atoms with Gasteiger partial charge in [-0.3, -0.25) is 4.79 Å². The molecular formula is C21H34O. The Morgan fingerprint density at radius 1 is 0.773 bits per heavy atom. The molecule has 0 N–H and O–H groups in total. The van der Waals surface area contributed by atoms with E-state index in [0.29, 0.717) is 0 Å². The van der Waals surface area contributed by atoms with Gasteiger partial charge in [0.1, 0.15) is 6.29 Å². The third kappa shape index (κ3) is 20.7. The molecule has 0 saturated heterocycles. The van der Waals surface area contributed by atoms with Crippen molar-refractivity contribution in [2.75, 3.05) is 0 Å². The maximum absolute atomic E-state index is 10.0. The number of carbonyl (C=O) groups is 1. The van der Waals surface area contributed by atoms with Crippen molar-refractivity contribution in [1.82, 2.24) is 0 Å². The van der Waals surface area contributed by atoms with Crippen LogP contribution < -0.4 is 0 Å². The zero-order valence-electron chi connectivity index (χ0n) is 15.4. The van der Waals surface area contributed by atoms with Crippen LogP contribution in [0.1, 0.15) is 67.2 Å². The number of carbonyl (C=O) groups excluding carboxylic acids is 1. The van der Waals surface area contributed by atoms with Crippen molar-refractivity contribution < 1.29 is 4.79 Å². The smallest absolute Gasteiger partial charge is 0.142 e. The summed E-state index contributed by atoms with van der Waals surface area (Å²) in [6.07, 6.45) is 15.2. The molecule has 0 heterocycles. The van der Waals surface area contributed by atoms with Crippen LogP contribution in [0.15, 0.2) is 59.3 Å². The Labute approximate surface area is 138 Å². The van der Waals surface area contributed by atoms with Crippen LogP contribution in [0.3, 0.4) is 0 Å². The minimum absolute atomic E-state index is 0.845. The maximum Gasteiger partial charge on any atom is 0.142 e. The van der Waals surface area contributed by atoms with E-state index in [1.54, 1.807) is 6.08 Å². The third-order valence-corrected chi connectivity index (χ3v) is 2.94. The topological polar surface area (TPSA) is 17.1 Å². The molecule has 0 unspecified atom stereocenters. The summed E-state index contributed by atoms with van der Waals surface area (Å²) < 4.78 is 0. The van der Waals surface area contributed by atoms with Gasteiger partial charge in [0.25, 0.3) is 0 Å². The van der Waals surface area contributed by atoms with Crippen molar-refractivity contribution in [3.8, 4) is 0 Å². The lowest BCUT2D eigenvalue weighted by Crippen LogP contribution is -1.77. The molecule has 1 nitrogen and oxygen atoms in total. The van der Waals surface area contributed by atoms with Crippen molar-refractivity contribution in [2.45, 2.75) is 67.2 Å². The number of aldehydes is 1. The van der Waals surface area contributed by atoms with E-state index < -0.39 is 0 Å². The molecule has 0 fully saturated rings. The minimum atomic E-state index is 0.845. The summed E-state index contributed by atoms with van der Waals surface area (Å²) in [4.78, 5) is 10.0. The lowest BCUT2D eigenvalue weighted by atomic mass is 10.1. The monoisotopic (exact) mass is 302 g/mol. The van der Waals surface area contributed by atoms with Gasteiger partial charge in [0.05, 0.1) is 0 Å². The van der Waals surface area contributed by atoms with E-state index in [1.807, 2.05) is 13.0 Å². The zero-order chi connectivity index (χ0) is 17.4. The molecule has 0 aliphatic rings. The Bertz CT molecular complexity index is 381. The molecule has 0 aromatic heterocycles. The van der Waals surface area contributed by atoms with Gasteiger partial charge >= 0.3 is 0 Å². The van der Waals surface area contributed by atoms with Crippen LogP contribution in [0.4, 0.5) is 0 Å². The highest BCUT2D eigenvalue weighted by molar-refractivity contribution is 5.65. The Morgan fingerprint density at radius 2 is 1.18 bits per heavy atom. The Hall–Kier alpha value is -1.63. The molecule has 0 aliphatic heterocycles.